The highest BCUT2D eigenvalue weighted by Gasteiger charge is 2.12. The monoisotopic (exact) mass is 372 g/mol. The first-order valence-electron chi connectivity index (χ1n) is 7.75. The Balaban J connectivity index is 1.63. The summed E-state index contributed by atoms with van der Waals surface area (Å²) in [7, 11) is 0. The fraction of sp³-hybridized carbons (Fsp3) is 0.176. The van der Waals surface area contributed by atoms with Gasteiger partial charge < -0.3 is 19.6 Å². The molecule has 0 fully saturated rings. The second kappa shape index (κ2) is 7.79. The second-order valence-corrected chi connectivity index (χ2v) is 6.29. The molecule has 0 atom stereocenters. The van der Waals surface area contributed by atoms with E-state index in [2.05, 4.69) is 15.6 Å². The first-order chi connectivity index (χ1) is 12.5. The fourth-order valence-electron chi connectivity index (χ4n) is 2.17. The molecular weight excluding hydrogens is 356 g/mol. The number of anilines is 1. The molecule has 26 heavy (non-hydrogen) atoms. The van der Waals surface area contributed by atoms with Crippen LogP contribution in [-0.4, -0.2) is 21.4 Å². The Morgan fingerprint density at radius 1 is 1.27 bits per heavy atom. The quantitative estimate of drug-likeness (QED) is 0.687. The van der Waals surface area contributed by atoms with E-state index in [4.69, 9.17) is 4.42 Å². The Morgan fingerprint density at radius 3 is 2.88 bits per heavy atom. The standard InChI is InChI=1S/C17H16N4O4S/c1-11(22)18-8-12-5-6-14(25-12)13-10-26-17(19-13)20-15(23)9-21-7-3-2-4-16(21)24/h2-7,10H,8-9H2,1H3,(H,18,22)(H,19,20,23). The van der Waals surface area contributed by atoms with Gasteiger partial charge in [-0.15, -0.1) is 11.3 Å². The Hall–Kier alpha value is -3.20. The number of hydrogen-bond acceptors (Lipinski definition) is 6. The summed E-state index contributed by atoms with van der Waals surface area (Å²) in [4.78, 5) is 38.9. The number of aromatic nitrogens is 2. The summed E-state index contributed by atoms with van der Waals surface area (Å²) in [5, 5.41) is 7.48. The van der Waals surface area contributed by atoms with Crippen LogP contribution in [0.3, 0.4) is 0 Å². The van der Waals surface area contributed by atoms with Crippen LogP contribution in [0.1, 0.15) is 12.7 Å². The van der Waals surface area contributed by atoms with Crippen molar-refractivity contribution in [3.05, 3.63) is 58.0 Å². The summed E-state index contributed by atoms with van der Waals surface area (Å²) in [5.74, 6) is 0.669. The molecule has 0 aliphatic heterocycles. The van der Waals surface area contributed by atoms with E-state index in [-0.39, 0.29) is 23.9 Å². The number of nitrogens with one attached hydrogen (secondary N) is 2. The van der Waals surface area contributed by atoms with Crippen molar-refractivity contribution < 1.29 is 14.0 Å². The molecule has 0 unspecified atom stereocenters. The number of amides is 2. The number of hydrogen-bond donors (Lipinski definition) is 2. The van der Waals surface area contributed by atoms with Gasteiger partial charge in [0.1, 0.15) is 18.0 Å². The smallest absolute Gasteiger partial charge is 0.250 e. The first kappa shape index (κ1) is 17.6. The molecule has 0 radical (unpaired) electrons. The van der Waals surface area contributed by atoms with E-state index in [1.165, 1.54) is 28.9 Å². The van der Waals surface area contributed by atoms with Gasteiger partial charge in [0, 0.05) is 24.6 Å². The number of rotatable bonds is 6. The highest BCUT2D eigenvalue weighted by Crippen LogP contribution is 2.26. The van der Waals surface area contributed by atoms with Crippen LogP contribution < -0.4 is 16.2 Å². The van der Waals surface area contributed by atoms with Gasteiger partial charge in [-0.05, 0) is 18.2 Å². The third-order valence-corrected chi connectivity index (χ3v) is 4.15. The van der Waals surface area contributed by atoms with Crippen molar-refractivity contribution in [3.8, 4) is 11.5 Å². The minimum absolute atomic E-state index is 0.0871. The third kappa shape index (κ3) is 4.45. The lowest BCUT2D eigenvalue weighted by atomic mass is 10.3. The maximum Gasteiger partial charge on any atom is 0.250 e. The summed E-state index contributed by atoms with van der Waals surface area (Å²) < 4.78 is 6.93. The summed E-state index contributed by atoms with van der Waals surface area (Å²) in [6.45, 7) is 1.65. The SMILES string of the molecule is CC(=O)NCc1ccc(-c2csc(NC(=O)Cn3ccccc3=O)n2)o1. The average molecular weight is 372 g/mol. The molecule has 3 aromatic heterocycles. The van der Waals surface area contributed by atoms with Crippen LogP contribution >= 0.6 is 11.3 Å². The van der Waals surface area contributed by atoms with Crippen molar-refractivity contribution in [2.75, 3.05) is 5.32 Å². The molecule has 0 spiro atoms. The van der Waals surface area contributed by atoms with Crippen LogP contribution in [0.4, 0.5) is 5.13 Å². The molecule has 9 heteroatoms. The number of carbonyl (C=O) groups is 2. The summed E-state index contributed by atoms with van der Waals surface area (Å²) >= 11 is 1.25. The predicted octanol–water partition coefficient (Wildman–Crippen LogP) is 1.84. The number of thiazole rings is 1. The molecule has 3 rings (SSSR count). The van der Waals surface area contributed by atoms with Gasteiger partial charge in [-0.25, -0.2) is 4.98 Å². The lowest BCUT2D eigenvalue weighted by molar-refractivity contribution is -0.119. The maximum absolute atomic E-state index is 12.1. The van der Waals surface area contributed by atoms with Crippen molar-refractivity contribution in [1.29, 1.82) is 0 Å². The van der Waals surface area contributed by atoms with Crippen LogP contribution in [0, 0.1) is 0 Å². The Labute approximate surface area is 152 Å². The zero-order valence-corrected chi connectivity index (χ0v) is 14.7. The number of furan rings is 1. The lowest BCUT2D eigenvalue weighted by Crippen LogP contribution is -2.26. The highest BCUT2D eigenvalue weighted by atomic mass is 32.1. The van der Waals surface area contributed by atoms with E-state index in [0.717, 1.165) is 0 Å². The van der Waals surface area contributed by atoms with E-state index >= 15 is 0 Å². The Kier molecular flexibility index (Phi) is 5.28. The first-order valence-corrected chi connectivity index (χ1v) is 8.63. The van der Waals surface area contributed by atoms with E-state index in [9.17, 15) is 14.4 Å². The largest absolute Gasteiger partial charge is 0.458 e. The van der Waals surface area contributed by atoms with Gasteiger partial charge in [-0.1, -0.05) is 6.07 Å². The van der Waals surface area contributed by atoms with Crippen molar-refractivity contribution in [2.45, 2.75) is 20.0 Å². The molecule has 0 bridgehead atoms. The van der Waals surface area contributed by atoms with Crippen molar-refractivity contribution in [1.82, 2.24) is 14.9 Å². The molecule has 134 valence electrons. The molecule has 0 aromatic carbocycles. The fourth-order valence-corrected chi connectivity index (χ4v) is 2.89. The van der Waals surface area contributed by atoms with E-state index < -0.39 is 0 Å². The second-order valence-electron chi connectivity index (χ2n) is 5.43. The molecule has 0 saturated heterocycles. The molecule has 3 heterocycles. The van der Waals surface area contributed by atoms with Crippen LogP contribution in [0.15, 0.2) is 51.1 Å². The van der Waals surface area contributed by atoms with Gasteiger partial charge in [0.05, 0.1) is 6.54 Å². The number of pyridine rings is 1. The molecule has 0 aliphatic rings. The normalized spacial score (nSPS) is 10.5. The topological polar surface area (TPSA) is 106 Å². The van der Waals surface area contributed by atoms with Gasteiger partial charge in [0.25, 0.3) is 5.56 Å². The molecule has 2 amide bonds. The predicted molar refractivity (Wildman–Crippen MR) is 96.7 cm³/mol. The molecule has 0 aliphatic carbocycles. The highest BCUT2D eigenvalue weighted by molar-refractivity contribution is 7.14. The van der Waals surface area contributed by atoms with Crippen LogP contribution in [0.5, 0.6) is 0 Å². The Morgan fingerprint density at radius 2 is 2.12 bits per heavy atom. The van der Waals surface area contributed by atoms with Crippen LogP contribution in [-0.2, 0) is 22.7 Å². The minimum atomic E-state index is -0.343. The van der Waals surface area contributed by atoms with Crippen LogP contribution in [0.25, 0.3) is 11.5 Å². The number of nitrogens with zero attached hydrogens (tertiary/aromatic N) is 2. The van der Waals surface area contributed by atoms with Gasteiger partial charge in [-0.2, -0.15) is 0 Å². The zero-order valence-electron chi connectivity index (χ0n) is 13.9. The minimum Gasteiger partial charge on any atom is -0.458 e. The Bertz CT molecular complexity index is 988. The summed E-state index contributed by atoms with van der Waals surface area (Å²) in [6.07, 6.45) is 1.55. The number of carbonyl (C=O) groups excluding carboxylic acids is 2. The molecule has 8 nitrogen and oxygen atoms in total. The van der Waals surface area contributed by atoms with Crippen molar-refractivity contribution in [3.63, 3.8) is 0 Å². The van der Waals surface area contributed by atoms with Crippen molar-refractivity contribution >= 4 is 28.3 Å². The average Bonchev–Trinajstić information content (AvgIpc) is 3.24. The molecule has 2 N–H and O–H groups in total. The van der Waals surface area contributed by atoms with Gasteiger partial charge >= 0.3 is 0 Å². The van der Waals surface area contributed by atoms with E-state index in [1.807, 2.05) is 0 Å². The maximum atomic E-state index is 12.1. The summed E-state index contributed by atoms with van der Waals surface area (Å²) in [5.41, 5.74) is 0.334. The molecule has 0 saturated carbocycles. The third-order valence-electron chi connectivity index (χ3n) is 3.39. The van der Waals surface area contributed by atoms with Gasteiger partial charge in [0.2, 0.25) is 11.8 Å². The van der Waals surface area contributed by atoms with E-state index in [1.54, 1.807) is 35.8 Å². The van der Waals surface area contributed by atoms with E-state index in [0.29, 0.717) is 28.9 Å². The van der Waals surface area contributed by atoms with Crippen molar-refractivity contribution in [2.24, 2.45) is 0 Å². The molecular formula is C17H16N4O4S. The lowest BCUT2D eigenvalue weighted by Gasteiger charge is -2.04. The summed E-state index contributed by atoms with van der Waals surface area (Å²) in [6, 6.07) is 8.20. The molecule has 3 aromatic rings. The zero-order chi connectivity index (χ0) is 18.5. The van der Waals surface area contributed by atoms with Gasteiger partial charge in [0.15, 0.2) is 10.9 Å². The van der Waals surface area contributed by atoms with Crippen LogP contribution in [0.2, 0.25) is 0 Å². The van der Waals surface area contributed by atoms with Gasteiger partial charge in [-0.3, -0.25) is 14.4 Å².